The Labute approximate surface area is 123 Å². The van der Waals surface area contributed by atoms with Crippen LogP contribution in [0.2, 0.25) is 0 Å². The van der Waals surface area contributed by atoms with E-state index in [0.717, 1.165) is 41.4 Å². The highest BCUT2D eigenvalue weighted by Gasteiger charge is 2.41. The number of hydrogen-bond donors (Lipinski definition) is 2. The lowest BCUT2D eigenvalue weighted by atomic mass is 9.95. The molecule has 1 aromatic heterocycles. The first-order valence-electron chi connectivity index (χ1n) is 7.67. The van der Waals surface area contributed by atoms with Crippen molar-refractivity contribution >= 4 is 16.8 Å². The number of aryl methyl sites for hydroxylation is 2. The average Bonchev–Trinajstić information content (AvgIpc) is 3.15. The van der Waals surface area contributed by atoms with Crippen molar-refractivity contribution in [2.75, 3.05) is 0 Å². The van der Waals surface area contributed by atoms with Gasteiger partial charge < -0.3 is 15.0 Å². The molecule has 4 nitrogen and oxygen atoms in total. The second-order valence-corrected chi connectivity index (χ2v) is 6.32. The largest absolute Gasteiger partial charge is 0.373 e. The molecule has 3 atom stereocenters. The first kappa shape index (κ1) is 12.9. The molecule has 0 spiro atoms. The Morgan fingerprint density at radius 2 is 2.19 bits per heavy atom. The molecule has 2 fully saturated rings. The molecule has 4 heteroatoms. The summed E-state index contributed by atoms with van der Waals surface area (Å²) in [7, 11) is 0. The summed E-state index contributed by atoms with van der Waals surface area (Å²) in [5.74, 6) is 0.0105. The van der Waals surface area contributed by atoms with Crippen molar-refractivity contribution in [2.24, 2.45) is 0 Å². The maximum Gasteiger partial charge on any atom is 0.251 e. The topological polar surface area (TPSA) is 54.1 Å². The molecule has 2 aliphatic heterocycles. The molecule has 1 amide bonds. The Hall–Kier alpha value is -1.81. The molecule has 0 radical (unpaired) electrons. The molecule has 3 unspecified atom stereocenters. The first-order valence-corrected chi connectivity index (χ1v) is 7.67. The van der Waals surface area contributed by atoms with Gasteiger partial charge in [0.05, 0.1) is 18.2 Å². The van der Waals surface area contributed by atoms with Gasteiger partial charge >= 0.3 is 0 Å². The van der Waals surface area contributed by atoms with Crippen LogP contribution in [0, 0.1) is 13.8 Å². The van der Waals surface area contributed by atoms with Crippen LogP contribution in [-0.2, 0) is 4.74 Å². The van der Waals surface area contributed by atoms with Gasteiger partial charge in [-0.25, -0.2) is 0 Å². The van der Waals surface area contributed by atoms with Gasteiger partial charge in [0.2, 0.25) is 0 Å². The third-order valence-corrected chi connectivity index (χ3v) is 4.99. The summed E-state index contributed by atoms with van der Waals surface area (Å²) >= 11 is 0. The van der Waals surface area contributed by atoms with E-state index in [2.05, 4.69) is 24.1 Å². The fourth-order valence-corrected chi connectivity index (χ4v) is 3.64. The summed E-state index contributed by atoms with van der Waals surface area (Å²) in [5.41, 5.74) is 4.18. The number of rotatable bonds is 2. The summed E-state index contributed by atoms with van der Waals surface area (Å²) in [6.45, 7) is 4.14. The normalized spacial score (nSPS) is 27.4. The summed E-state index contributed by atoms with van der Waals surface area (Å²) in [4.78, 5) is 15.8. The van der Waals surface area contributed by atoms with Gasteiger partial charge in [-0.05, 0) is 56.9 Å². The zero-order chi connectivity index (χ0) is 14.6. The third-order valence-electron chi connectivity index (χ3n) is 4.99. The van der Waals surface area contributed by atoms with Crippen LogP contribution in [0.15, 0.2) is 18.2 Å². The number of fused-ring (bicyclic) bond motifs is 3. The number of nitrogens with one attached hydrogen (secondary N) is 2. The van der Waals surface area contributed by atoms with Crippen LogP contribution in [0.25, 0.3) is 10.9 Å². The van der Waals surface area contributed by atoms with Crippen molar-refractivity contribution in [1.29, 1.82) is 0 Å². The molecule has 0 aliphatic carbocycles. The summed E-state index contributed by atoms with van der Waals surface area (Å²) in [6, 6.07) is 6.04. The maximum absolute atomic E-state index is 12.5. The number of amides is 1. The van der Waals surface area contributed by atoms with Crippen LogP contribution < -0.4 is 5.32 Å². The number of carbonyl (C=O) groups is 1. The first-order chi connectivity index (χ1) is 10.1. The Morgan fingerprint density at radius 1 is 1.33 bits per heavy atom. The molecule has 1 aromatic carbocycles. The van der Waals surface area contributed by atoms with Gasteiger partial charge in [0.25, 0.3) is 5.91 Å². The van der Waals surface area contributed by atoms with E-state index in [9.17, 15) is 4.79 Å². The Kier molecular flexibility index (Phi) is 2.82. The van der Waals surface area contributed by atoms with Crippen LogP contribution in [0.3, 0.4) is 0 Å². The number of benzene rings is 1. The van der Waals surface area contributed by atoms with E-state index in [4.69, 9.17) is 4.74 Å². The smallest absolute Gasteiger partial charge is 0.251 e. The second kappa shape index (κ2) is 4.60. The summed E-state index contributed by atoms with van der Waals surface area (Å²) in [5, 5.41) is 4.27. The van der Waals surface area contributed by atoms with Crippen molar-refractivity contribution in [3.8, 4) is 0 Å². The lowest BCUT2D eigenvalue weighted by Gasteiger charge is -2.20. The van der Waals surface area contributed by atoms with E-state index in [1.165, 1.54) is 5.56 Å². The standard InChI is InChI=1S/C17H20N2O2/c1-9-10(2)18-14-5-3-11(7-13(9)14)17(20)19-15-8-12-4-6-16(15)21-12/h3,5,7,12,15-16,18H,4,6,8H2,1-2H3,(H,19,20). The zero-order valence-electron chi connectivity index (χ0n) is 12.4. The van der Waals surface area contributed by atoms with E-state index < -0.39 is 0 Å². The number of aromatic amines is 1. The molecule has 110 valence electrons. The van der Waals surface area contributed by atoms with E-state index in [0.29, 0.717) is 6.10 Å². The number of aromatic nitrogens is 1. The quantitative estimate of drug-likeness (QED) is 0.891. The Morgan fingerprint density at radius 3 is 2.90 bits per heavy atom. The Bertz CT molecular complexity index is 719. The molecule has 2 aromatic rings. The molecule has 0 saturated carbocycles. The van der Waals surface area contributed by atoms with E-state index in [1.807, 2.05) is 18.2 Å². The number of ether oxygens (including phenoxy) is 1. The molecule has 2 bridgehead atoms. The van der Waals surface area contributed by atoms with Gasteiger partial charge in [0.1, 0.15) is 0 Å². The summed E-state index contributed by atoms with van der Waals surface area (Å²) in [6.07, 6.45) is 3.76. The molecule has 2 aliphatic rings. The Balaban J connectivity index is 1.58. The molecule has 2 saturated heterocycles. The highest BCUT2D eigenvalue weighted by molar-refractivity contribution is 5.99. The summed E-state index contributed by atoms with van der Waals surface area (Å²) < 4.78 is 5.79. The van der Waals surface area contributed by atoms with Gasteiger partial charge in [-0.3, -0.25) is 4.79 Å². The fourth-order valence-electron chi connectivity index (χ4n) is 3.64. The average molecular weight is 284 g/mol. The lowest BCUT2D eigenvalue weighted by molar-refractivity contribution is 0.0841. The van der Waals surface area contributed by atoms with Crippen molar-refractivity contribution < 1.29 is 9.53 Å². The molecule has 21 heavy (non-hydrogen) atoms. The molecule has 2 N–H and O–H groups in total. The van der Waals surface area contributed by atoms with Gasteiger partial charge in [0, 0.05) is 22.2 Å². The van der Waals surface area contributed by atoms with Crippen molar-refractivity contribution in [2.45, 2.75) is 51.4 Å². The van der Waals surface area contributed by atoms with E-state index in [-0.39, 0.29) is 18.1 Å². The van der Waals surface area contributed by atoms with Crippen LogP contribution in [0.4, 0.5) is 0 Å². The maximum atomic E-state index is 12.5. The lowest BCUT2D eigenvalue weighted by Crippen LogP contribution is -2.41. The monoisotopic (exact) mass is 284 g/mol. The van der Waals surface area contributed by atoms with Crippen LogP contribution in [0.5, 0.6) is 0 Å². The molecular formula is C17H20N2O2. The van der Waals surface area contributed by atoms with E-state index >= 15 is 0 Å². The van der Waals surface area contributed by atoms with Crippen molar-refractivity contribution in [1.82, 2.24) is 10.3 Å². The van der Waals surface area contributed by atoms with Gasteiger partial charge in [-0.1, -0.05) is 0 Å². The number of carbonyl (C=O) groups excluding carboxylic acids is 1. The zero-order valence-corrected chi connectivity index (χ0v) is 12.4. The molecule has 4 rings (SSSR count). The van der Waals surface area contributed by atoms with Gasteiger partial charge in [-0.2, -0.15) is 0 Å². The predicted octanol–water partition coefficient (Wildman–Crippen LogP) is 2.83. The number of H-pyrrole nitrogens is 1. The van der Waals surface area contributed by atoms with Crippen LogP contribution in [-0.4, -0.2) is 29.1 Å². The SMILES string of the molecule is Cc1[nH]c2ccc(C(=O)NC3CC4CCC3O4)cc2c1C. The third kappa shape index (κ3) is 2.05. The van der Waals surface area contributed by atoms with E-state index in [1.54, 1.807) is 0 Å². The molecule has 3 heterocycles. The minimum atomic E-state index is 0.0105. The van der Waals surface area contributed by atoms with Crippen LogP contribution in [0.1, 0.15) is 40.9 Å². The molecular weight excluding hydrogens is 264 g/mol. The van der Waals surface area contributed by atoms with Crippen molar-refractivity contribution in [3.05, 3.63) is 35.0 Å². The van der Waals surface area contributed by atoms with Crippen LogP contribution >= 0.6 is 0 Å². The van der Waals surface area contributed by atoms with Crippen molar-refractivity contribution in [3.63, 3.8) is 0 Å². The van der Waals surface area contributed by atoms with Gasteiger partial charge in [-0.15, -0.1) is 0 Å². The fraction of sp³-hybridized carbons (Fsp3) is 0.471. The van der Waals surface area contributed by atoms with Gasteiger partial charge in [0.15, 0.2) is 0 Å². The minimum absolute atomic E-state index is 0.0105. The highest BCUT2D eigenvalue weighted by Crippen LogP contribution is 2.34. The second-order valence-electron chi connectivity index (χ2n) is 6.32. The minimum Gasteiger partial charge on any atom is -0.373 e. The number of hydrogen-bond acceptors (Lipinski definition) is 2. The predicted molar refractivity (Wildman–Crippen MR) is 81.5 cm³/mol. The highest BCUT2D eigenvalue weighted by atomic mass is 16.5.